The molecule has 6 atom stereocenters. The maximum absolute atomic E-state index is 14.5. The van der Waals surface area contributed by atoms with Crippen molar-refractivity contribution < 1.29 is 37.7 Å². The molecule has 1 saturated heterocycles. The Kier molecular flexibility index (Phi) is 7.09. The van der Waals surface area contributed by atoms with Crippen LogP contribution in [-0.4, -0.2) is 49.7 Å². The molecule has 0 spiro atoms. The van der Waals surface area contributed by atoms with Gasteiger partial charge in [0.25, 0.3) is 5.56 Å². The minimum absolute atomic E-state index is 0.110. The second-order valence-electron chi connectivity index (χ2n) is 7.95. The van der Waals surface area contributed by atoms with Crippen LogP contribution in [0.25, 0.3) is 0 Å². The summed E-state index contributed by atoms with van der Waals surface area (Å²) in [6.45, 7) is 7.47. The van der Waals surface area contributed by atoms with Gasteiger partial charge in [-0.25, -0.2) is 4.39 Å². The zero-order valence-corrected chi connectivity index (χ0v) is 17.9. The number of aliphatic hydroxyl groups is 2. The predicted octanol–water partition coefficient (Wildman–Crippen LogP) is 2.29. The number of H-pyrrole nitrogens is 1. The molecule has 29 heavy (non-hydrogen) atoms. The second-order valence-corrected chi connectivity index (χ2v) is 10.3. The molecule has 4 N–H and O–H groups in total. The molecule has 1 aliphatic rings. The summed E-state index contributed by atoms with van der Waals surface area (Å²) in [6, 6.07) is 0. The number of ether oxygens (including phenoxy) is 1. The maximum Gasteiger partial charge on any atom is 0.331 e. The number of aliphatic hydroxyl groups excluding tert-OH is 2. The first-order valence-corrected chi connectivity index (χ1v) is 11.0. The molecular weight excluding hydrogens is 411 g/mol. The number of aromatic nitrogens is 1. The lowest BCUT2D eigenvalue weighted by Crippen LogP contribution is -2.38. The molecule has 0 amide bonds. The van der Waals surface area contributed by atoms with Crippen molar-refractivity contribution in [1.29, 1.82) is 0 Å². The van der Waals surface area contributed by atoms with Crippen LogP contribution < -0.4 is 5.56 Å². The Bertz CT molecular complexity index is 861. The highest BCUT2D eigenvalue weighted by Crippen LogP contribution is 2.53. The molecule has 1 aromatic heterocycles. The highest BCUT2D eigenvalue weighted by atomic mass is 31.2. The highest BCUT2D eigenvalue weighted by Gasteiger charge is 2.49. The first kappa shape index (κ1) is 24.1. The van der Waals surface area contributed by atoms with Crippen LogP contribution in [0.1, 0.15) is 57.8 Å². The normalized spacial score (nSPS) is 29.1. The van der Waals surface area contributed by atoms with E-state index in [-0.39, 0.29) is 18.4 Å². The largest absolute Gasteiger partial charge is 0.388 e. The Labute approximate surface area is 167 Å². The predicted molar refractivity (Wildman–Crippen MR) is 101 cm³/mol. The van der Waals surface area contributed by atoms with E-state index >= 15 is 0 Å². The fourth-order valence-electron chi connectivity index (χ4n) is 3.16. The third-order valence-corrected chi connectivity index (χ3v) is 7.41. The van der Waals surface area contributed by atoms with Gasteiger partial charge in [0.05, 0.1) is 28.5 Å². The first-order chi connectivity index (χ1) is 13.2. The first-order valence-electron chi connectivity index (χ1n) is 9.36. The Morgan fingerprint density at radius 2 is 1.90 bits per heavy atom. The van der Waals surface area contributed by atoms with Crippen LogP contribution in [0.3, 0.4) is 0 Å². The van der Waals surface area contributed by atoms with Gasteiger partial charge in [0, 0.05) is 6.42 Å². The molecule has 1 fully saturated rings. The lowest BCUT2D eigenvalue weighted by molar-refractivity contribution is -0.0482. The molecule has 8 nitrogen and oxygen atoms in total. The van der Waals surface area contributed by atoms with Crippen LogP contribution in [0.4, 0.5) is 8.78 Å². The van der Waals surface area contributed by atoms with Crippen molar-refractivity contribution in [2.24, 2.45) is 0 Å². The van der Waals surface area contributed by atoms with Crippen LogP contribution in [0.5, 0.6) is 0 Å². The monoisotopic (exact) mass is 439 g/mol. The van der Waals surface area contributed by atoms with Crippen molar-refractivity contribution >= 4 is 7.60 Å². The van der Waals surface area contributed by atoms with Gasteiger partial charge in [0.1, 0.15) is 24.1 Å². The van der Waals surface area contributed by atoms with E-state index < -0.39 is 66.2 Å². The van der Waals surface area contributed by atoms with E-state index in [0.717, 1.165) is 6.92 Å². The Hall–Kier alpha value is -1.16. The summed E-state index contributed by atoms with van der Waals surface area (Å²) in [7, 11) is -3.95. The van der Waals surface area contributed by atoms with E-state index in [1.54, 1.807) is 13.8 Å². The van der Waals surface area contributed by atoms with Crippen molar-refractivity contribution in [1.82, 2.24) is 4.98 Å². The van der Waals surface area contributed by atoms with Gasteiger partial charge in [-0.2, -0.15) is 4.39 Å². The van der Waals surface area contributed by atoms with E-state index in [1.165, 1.54) is 13.8 Å². The smallest absolute Gasteiger partial charge is 0.331 e. The summed E-state index contributed by atoms with van der Waals surface area (Å²) in [4.78, 5) is 23.4. The third-order valence-electron chi connectivity index (χ3n) is 5.40. The molecule has 0 aromatic carbocycles. The van der Waals surface area contributed by atoms with Crippen molar-refractivity contribution in [2.45, 2.75) is 83.1 Å². The zero-order valence-electron chi connectivity index (χ0n) is 17.0. The topological polar surface area (TPSA) is 129 Å². The van der Waals surface area contributed by atoms with Gasteiger partial charge in [-0.05, 0) is 20.3 Å². The fraction of sp³-hybridized carbons (Fsp3) is 0.722. The fourth-order valence-corrected chi connectivity index (χ4v) is 4.20. The van der Waals surface area contributed by atoms with E-state index in [1.807, 2.05) is 4.98 Å². The number of rotatable bonds is 7. The van der Waals surface area contributed by atoms with Gasteiger partial charge in [-0.15, -0.1) is 0 Å². The van der Waals surface area contributed by atoms with Crippen LogP contribution >= 0.6 is 7.60 Å². The molecule has 0 bridgehead atoms. The molecule has 0 saturated carbocycles. The number of halogens is 2. The summed E-state index contributed by atoms with van der Waals surface area (Å²) in [5.74, 6) is -2.47. The van der Waals surface area contributed by atoms with Crippen molar-refractivity contribution in [3.8, 4) is 0 Å². The summed E-state index contributed by atoms with van der Waals surface area (Å²) in [5, 5.41) is 20.7. The molecular formula is C18H28F2NO7P. The Balaban J connectivity index is 2.31. The van der Waals surface area contributed by atoms with E-state index in [0.29, 0.717) is 0 Å². The van der Waals surface area contributed by atoms with E-state index in [2.05, 4.69) is 0 Å². The van der Waals surface area contributed by atoms with E-state index in [4.69, 9.17) is 9.26 Å². The van der Waals surface area contributed by atoms with Crippen molar-refractivity contribution in [3.05, 3.63) is 33.2 Å². The van der Waals surface area contributed by atoms with Gasteiger partial charge >= 0.3 is 7.60 Å². The van der Waals surface area contributed by atoms with Gasteiger partial charge in [0.2, 0.25) is 5.95 Å². The molecule has 2 heterocycles. The summed E-state index contributed by atoms with van der Waals surface area (Å²) < 4.78 is 52.0. The summed E-state index contributed by atoms with van der Waals surface area (Å²) in [6.07, 6.45) is -5.74. The van der Waals surface area contributed by atoms with Gasteiger partial charge < -0.3 is 24.4 Å². The number of nitrogens with one attached hydrogen (secondary N) is 1. The van der Waals surface area contributed by atoms with Gasteiger partial charge in [0.15, 0.2) is 0 Å². The highest BCUT2D eigenvalue weighted by molar-refractivity contribution is 7.53. The third kappa shape index (κ3) is 4.78. The number of hydrogen-bond acceptors (Lipinski definition) is 6. The number of pyridine rings is 1. The maximum atomic E-state index is 14.5. The molecule has 166 valence electrons. The molecule has 1 aromatic rings. The standard InChI is InChI=1S/C18H28F2NO7P/c1-6-18(5,28-29(25,26)8(2)3)7-10-13(22)14(23)15(27-10)11-12(19)9(4)17(24)21-16(11)20/h8,10,13-15,22-23H,6-7H2,1-5H3,(H,21,24)(H,25,26). The molecule has 0 radical (unpaired) electrons. The quantitative estimate of drug-likeness (QED) is 0.379. The molecule has 1 aliphatic heterocycles. The van der Waals surface area contributed by atoms with Crippen molar-refractivity contribution in [2.75, 3.05) is 0 Å². The SMILES string of the molecule is CCC(C)(CC1OC(c2c(F)[nH]c(=O)c(C)c2F)C(O)C1O)OP(=O)(O)C(C)C. The Morgan fingerprint density at radius 1 is 1.31 bits per heavy atom. The number of hydrogen-bond donors (Lipinski definition) is 4. The lowest BCUT2D eigenvalue weighted by atomic mass is 9.92. The van der Waals surface area contributed by atoms with Crippen LogP contribution in [-0.2, 0) is 13.8 Å². The van der Waals surface area contributed by atoms with Gasteiger partial charge in [-0.1, -0.05) is 20.8 Å². The zero-order chi connectivity index (χ0) is 22.3. The molecule has 6 unspecified atom stereocenters. The Morgan fingerprint density at radius 3 is 2.41 bits per heavy atom. The van der Waals surface area contributed by atoms with Crippen LogP contribution in [0.15, 0.2) is 4.79 Å². The van der Waals surface area contributed by atoms with Gasteiger partial charge in [-0.3, -0.25) is 14.3 Å². The van der Waals surface area contributed by atoms with Crippen molar-refractivity contribution in [3.63, 3.8) is 0 Å². The summed E-state index contributed by atoms with van der Waals surface area (Å²) >= 11 is 0. The molecule has 11 heteroatoms. The lowest BCUT2D eigenvalue weighted by Gasteiger charge is -2.34. The summed E-state index contributed by atoms with van der Waals surface area (Å²) in [5.41, 5.74) is -3.88. The minimum atomic E-state index is -3.95. The molecule has 2 rings (SSSR count). The van der Waals surface area contributed by atoms with E-state index in [9.17, 15) is 33.2 Å². The van der Waals surface area contributed by atoms with Crippen LogP contribution in [0.2, 0.25) is 0 Å². The van der Waals surface area contributed by atoms with Crippen LogP contribution in [0, 0.1) is 18.7 Å². The number of aromatic amines is 1. The average molecular weight is 439 g/mol. The minimum Gasteiger partial charge on any atom is -0.388 e. The average Bonchev–Trinajstić information content (AvgIpc) is 2.87. The molecule has 0 aliphatic carbocycles. The second kappa shape index (κ2) is 8.53.